The maximum absolute atomic E-state index is 13.5. The van der Waals surface area contributed by atoms with Gasteiger partial charge in [0, 0.05) is 36.5 Å². The molecule has 2 aliphatic rings. The van der Waals surface area contributed by atoms with Gasteiger partial charge in [0.05, 0.1) is 11.5 Å². The van der Waals surface area contributed by atoms with E-state index in [1.54, 1.807) is 12.1 Å². The summed E-state index contributed by atoms with van der Waals surface area (Å²) in [5.41, 5.74) is -0.724. The third-order valence-corrected chi connectivity index (χ3v) is 7.92. The number of carbonyl (C=O) groups excluding carboxylic acids is 2. The number of nitrogens with one attached hydrogen (secondary N) is 1. The molecule has 2 fully saturated rings. The second kappa shape index (κ2) is 10.1. The fraction of sp³-hybridized carbons (Fsp3) is 0.692. The molecule has 3 rings (SSSR count). The van der Waals surface area contributed by atoms with Gasteiger partial charge in [0.2, 0.25) is 11.8 Å². The number of halogens is 1. The van der Waals surface area contributed by atoms with Gasteiger partial charge in [-0.3, -0.25) is 9.59 Å². The van der Waals surface area contributed by atoms with Crippen molar-refractivity contribution in [3.05, 3.63) is 34.9 Å². The van der Waals surface area contributed by atoms with Crippen LogP contribution < -0.4 is 5.32 Å². The molecule has 6 heteroatoms. The molecular formula is C26H39ClN2O3. The van der Waals surface area contributed by atoms with Crippen LogP contribution in [0.1, 0.15) is 71.8 Å². The van der Waals surface area contributed by atoms with Gasteiger partial charge < -0.3 is 15.3 Å². The molecule has 0 radical (unpaired) electrons. The van der Waals surface area contributed by atoms with Crippen molar-refractivity contribution in [3.63, 3.8) is 0 Å². The molecule has 1 aliphatic carbocycles. The zero-order chi connectivity index (χ0) is 23.5. The molecule has 1 saturated heterocycles. The maximum atomic E-state index is 13.5. The van der Waals surface area contributed by atoms with Gasteiger partial charge in [-0.1, -0.05) is 64.3 Å². The van der Waals surface area contributed by atoms with Crippen molar-refractivity contribution in [2.75, 3.05) is 19.6 Å². The molecule has 0 aromatic heterocycles. The lowest BCUT2D eigenvalue weighted by atomic mass is 9.66. The van der Waals surface area contributed by atoms with E-state index >= 15 is 0 Å². The van der Waals surface area contributed by atoms with Crippen molar-refractivity contribution in [2.45, 2.75) is 71.8 Å². The molecule has 32 heavy (non-hydrogen) atoms. The smallest absolute Gasteiger partial charge is 0.227 e. The summed E-state index contributed by atoms with van der Waals surface area (Å²) < 4.78 is 0. The molecule has 2 amide bonds. The number of likely N-dealkylation sites (tertiary alicyclic amines) is 1. The summed E-state index contributed by atoms with van der Waals surface area (Å²) in [5, 5.41) is 15.2. The van der Waals surface area contributed by atoms with E-state index in [0.717, 1.165) is 18.4 Å². The lowest BCUT2D eigenvalue weighted by Crippen LogP contribution is -2.58. The average Bonchev–Trinajstić information content (AvgIpc) is 3.23. The Labute approximate surface area is 197 Å². The predicted molar refractivity (Wildman–Crippen MR) is 128 cm³/mol. The highest BCUT2D eigenvalue weighted by molar-refractivity contribution is 6.30. The normalized spacial score (nSPS) is 24.5. The Morgan fingerprint density at radius 1 is 1.19 bits per heavy atom. The molecule has 1 aromatic carbocycles. The van der Waals surface area contributed by atoms with Crippen molar-refractivity contribution < 1.29 is 14.7 Å². The van der Waals surface area contributed by atoms with Gasteiger partial charge in [0.25, 0.3) is 0 Å². The van der Waals surface area contributed by atoms with Gasteiger partial charge in [-0.25, -0.2) is 0 Å². The highest BCUT2D eigenvalue weighted by atomic mass is 35.5. The standard InChI is InChI=1S/C26H39ClN2O3/c1-18(2)22(16-28-23(30)15-19-7-5-6-8-19)24(31)29-14-13-26(32,25(3,4)17-29)20-9-11-21(27)12-10-20/h9-12,18-19,22,32H,5-8,13-17H2,1-4H3,(H,28,30)/t22?,26-/m0/s1. The lowest BCUT2D eigenvalue weighted by Gasteiger charge is -2.51. The monoisotopic (exact) mass is 462 g/mol. The number of hydrogen-bond acceptors (Lipinski definition) is 3. The first-order valence-electron chi connectivity index (χ1n) is 12.1. The van der Waals surface area contributed by atoms with Crippen molar-refractivity contribution in [1.82, 2.24) is 10.2 Å². The molecule has 1 aromatic rings. The van der Waals surface area contributed by atoms with E-state index < -0.39 is 11.0 Å². The largest absolute Gasteiger partial charge is 0.384 e. The van der Waals surface area contributed by atoms with Gasteiger partial charge in [-0.2, -0.15) is 0 Å². The Balaban J connectivity index is 1.63. The number of amides is 2. The predicted octanol–water partition coefficient (Wildman–Crippen LogP) is 4.75. The molecular weight excluding hydrogens is 424 g/mol. The molecule has 2 atom stereocenters. The lowest BCUT2D eigenvalue weighted by molar-refractivity contribution is -0.157. The SMILES string of the molecule is CC(C)C(CNC(=O)CC1CCCC1)C(=O)N1CC[C@](O)(c2ccc(Cl)cc2)C(C)(C)C1. The third kappa shape index (κ3) is 5.48. The van der Waals surface area contributed by atoms with E-state index in [-0.39, 0.29) is 23.7 Å². The minimum absolute atomic E-state index is 0.0615. The number of nitrogens with zero attached hydrogens (tertiary/aromatic N) is 1. The second-order valence-electron chi connectivity index (χ2n) is 10.8. The summed E-state index contributed by atoms with van der Waals surface area (Å²) in [4.78, 5) is 27.7. The van der Waals surface area contributed by atoms with Crippen molar-refractivity contribution >= 4 is 23.4 Å². The first-order valence-corrected chi connectivity index (χ1v) is 12.5. The van der Waals surface area contributed by atoms with Crippen LogP contribution in [0.15, 0.2) is 24.3 Å². The van der Waals surface area contributed by atoms with E-state index in [4.69, 9.17) is 11.6 Å². The van der Waals surface area contributed by atoms with Crippen LogP contribution in [0.25, 0.3) is 0 Å². The number of aliphatic hydroxyl groups is 1. The van der Waals surface area contributed by atoms with Crippen LogP contribution in [0.4, 0.5) is 0 Å². The first kappa shape index (κ1) is 25.0. The first-order chi connectivity index (χ1) is 15.0. The topological polar surface area (TPSA) is 69.6 Å². The number of piperidine rings is 1. The van der Waals surface area contributed by atoms with Gasteiger partial charge >= 0.3 is 0 Å². The fourth-order valence-corrected chi connectivity index (χ4v) is 5.51. The molecule has 1 saturated carbocycles. The second-order valence-corrected chi connectivity index (χ2v) is 11.2. The maximum Gasteiger partial charge on any atom is 0.227 e. The average molecular weight is 463 g/mol. The Hall–Kier alpha value is -1.59. The van der Waals surface area contributed by atoms with E-state index in [9.17, 15) is 14.7 Å². The molecule has 2 N–H and O–H groups in total. The summed E-state index contributed by atoms with van der Waals surface area (Å²) in [5.74, 6) is 0.477. The van der Waals surface area contributed by atoms with Crippen molar-refractivity contribution in [2.24, 2.45) is 23.2 Å². The van der Waals surface area contributed by atoms with Crippen LogP contribution in [-0.4, -0.2) is 41.5 Å². The molecule has 0 spiro atoms. The highest BCUT2D eigenvalue weighted by Crippen LogP contribution is 2.46. The van der Waals surface area contributed by atoms with Gasteiger partial charge in [0.15, 0.2) is 0 Å². The molecule has 1 aliphatic heterocycles. The summed E-state index contributed by atoms with van der Waals surface area (Å²) in [6.07, 6.45) is 5.76. The molecule has 5 nitrogen and oxygen atoms in total. The van der Waals surface area contributed by atoms with Crippen LogP contribution >= 0.6 is 11.6 Å². The Bertz CT molecular complexity index is 802. The van der Waals surface area contributed by atoms with Crippen LogP contribution in [-0.2, 0) is 15.2 Å². The van der Waals surface area contributed by atoms with Crippen molar-refractivity contribution in [3.8, 4) is 0 Å². The zero-order valence-corrected chi connectivity index (χ0v) is 20.8. The number of rotatable bonds is 7. The molecule has 0 bridgehead atoms. The van der Waals surface area contributed by atoms with Crippen LogP contribution in [0.3, 0.4) is 0 Å². The Morgan fingerprint density at radius 2 is 1.81 bits per heavy atom. The van der Waals surface area contributed by atoms with Crippen LogP contribution in [0.2, 0.25) is 5.02 Å². The highest BCUT2D eigenvalue weighted by Gasteiger charge is 2.50. The Morgan fingerprint density at radius 3 is 2.38 bits per heavy atom. The van der Waals surface area contributed by atoms with Crippen LogP contribution in [0, 0.1) is 23.2 Å². The van der Waals surface area contributed by atoms with E-state index in [2.05, 4.69) is 5.32 Å². The number of carbonyl (C=O) groups is 2. The molecule has 1 heterocycles. The van der Waals surface area contributed by atoms with Crippen molar-refractivity contribution in [1.29, 1.82) is 0 Å². The number of benzene rings is 1. The minimum Gasteiger partial charge on any atom is -0.384 e. The van der Waals surface area contributed by atoms with Gasteiger partial charge in [-0.05, 0) is 48.8 Å². The van der Waals surface area contributed by atoms with E-state index in [1.165, 1.54) is 12.8 Å². The van der Waals surface area contributed by atoms with E-state index in [1.807, 2.05) is 44.7 Å². The summed E-state index contributed by atoms with van der Waals surface area (Å²) in [6.45, 7) is 9.41. The summed E-state index contributed by atoms with van der Waals surface area (Å²) in [7, 11) is 0. The van der Waals surface area contributed by atoms with E-state index in [0.29, 0.717) is 43.4 Å². The Kier molecular flexibility index (Phi) is 7.93. The minimum atomic E-state index is -1.03. The quantitative estimate of drug-likeness (QED) is 0.614. The zero-order valence-electron chi connectivity index (χ0n) is 20.0. The van der Waals surface area contributed by atoms with Crippen LogP contribution in [0.5, 0.6) is 0 Å². The fourth-order valence-electron chi connectivity index (χ4n) is 5.39. The molecule has 178 valence electrons. The molecule has 1 unspecified atom stereocenters. The van der Waals surface area contributed by atoms with Gasteiger partial charge in [0.1, 0.15) is 0 Å². The third-order valence-electron chi connectivity index (χ3n) is 7.67. The summed E-state index contributed by atoms with van der Waals surface area (Å²) in [6, 6.07) is 7.34. The summed E-state index contributed by atoms with van der Waals surface area (Å²) >= 11 is 6.03. The van der Waals surface area contributed by atoms with Gasteiger partial charge in [-0.15, -0.1) is 0 Å². The number of hydrogen-bond donors (Lipinski definition) is 2.